The molecule has 0 heterocycles. The predicted molar refractivity (Wildman–Crippen MR) is 75.6 cm³/mol. The summed E-state index contributed by atoms with van der Waals surface area (Å²) in [7, 11) is -3.87. The number of carbonyl (C=O) groups excluding carboxylic acids is 1. The summed E-state index contributed by atoms with van der Waals surface area (Å²) in [5, 5.41) is 5.92. The van der Waals surface area contributed by atoms with Crippen molar-refractivity contribution in [1.82, 2.24) is 10.6 Å². The molecule has 7 heteroatoms. The van der Waals surface area contributed by atoms with Gasteiger partial charge in [0.05, 0.1) is 5.75 Å². The van der Waals surface area contributed by atoms with E-state index in [0.29, 0.717) is 31.5 Å². The summed E-state index contributed by atoms with van der Waals surface area (Å²) < 4.78 is 29.5. The summed E-state index contributed by atoms with van der Waals surface area (Å²) in [6.07, 6.45) is 1.06. The molecular weight excluding hydrogens is 268 g/mol. The maximum absolute atomic E-state index is 11.5. The van der Waals surface area contributed by atoms with E-state index in [4.69, 9.17) is 4.55 Å². The number of hydrogen-bond donors (Lipinski definition) is 3. The molecule has 0 fully saturated rings. The molecule has 0 aromatic heterocycles. The number of carbonyl (C=O) groups is 1. The van der Waals surface area contributed by atoms with Gasteiger partial charge in [-0.2, -0.15) is 8.42 Å². The summed E-state index contributed by atoms with van der Waals surface area (Å²) >= 11 is 0. The van der Waals surface area contributed by atoms with Gasteiger partial charge >= 0.3 is 0 Å². The van der Waals surface area contributed by atoms with Crippen LogP contribution in [-0.4, -0.2) is 43.3 Å². The zero-order valence-electron chi connectivity index (χ0n) is 11.8. The second-order valence-corrected chi connectivity index (χ2v) is 6.83. The molecule has 0 aliphatic rings. The van der Waals surface area contributed by atoms with Gasteiger partial charge in [0.1, 0.15) is 0 Å². The van der Waals surface area contributed by atoms with Crippen LogP contribution in [0.25, 0.3) is 0 Å². The van der Waals surface area contributed by atoms with E-state index >= 15 is 0 Å². The van der Waals surface area contributed by atoms with Crippen LogP contribution in [-0.2, 0) is 14.9 Å². The van der Waals surface area contributed by atoms with Crippen LogP contribution in [0.3, 0.4) is 0 Å². The molecule has 0 aromatic rings. The quantitative estimate of drug-likeness (QED) is 0.330. The highest BCUT2D eigenvalue weighted by molar-refractivity contribution is 7.85. The Morgan fingerprint density at radius 1 is 1.32 bits per heavy atom. The van der Waals surface area contributed by atoms with Gasteiger partial charge in [-0.3, -0.25) is 9.35 Å². The van der Waals surface area contributed by atoms with Crippen LogP contribution < -0.4 is 10.6 Å². The molecule has 0 atom stereocenters. The van der Waals surface area contributed by atoms with E-state index in [2.05, 4.69) is 17.2 Å². The molecule has 112 valence electrons. The standard InChI is InChI=1S/C12H24N2O4S/c1-10(2)11(15)14-12(3,4)6-8-13-7-5-9-19(16,17)18/h13H,1,5-9H2,2-4H3,(H,14,15)(H,16,17,18). The van der Waals surface area contributed by atoms with Gasteiger partial charge in [-0.05, 0) is 46.7 Å². The first-order valence-electron chi connectivity index (χ1n) is 6.17. The summed E-state index contributed by atoms with van der Waals surface area (Å²) in [5.74, 6) is -0.410. The van der Waals surface area contributed by atoms with Gasteiger partial charge in [-0.25, -0.2) is 0 Å². The second kappa shape index (κ2) is 7.62. The molecule has 0 saturated heterocycles. The molecule has 0 saturated carbocycles. The van der Waals surface area contributed by atoms with Gasteiger partial charge in [0.2, 0.25) is 5.91 Å². The number of nitrogens with one attached hydrogen (secondary N) is 2. The van der Waals surface area contributed by atoms with Crippen LogP contribution in [0.1, 0.15) is 33.6 Å². The second-order valence-electron chi connectivity index (χ2n) is 5.26. The van der Waals surface area contributed by atoms with Crippen molar-refractivity contribution in [3.63, 3.8) is 0 Å². The van der Waals surface area contributed by atoms with Crippen molar-refractivity contribution < 1.29 is 17.8 Å². The minimum atomic E-state index is -3.87. The average Bonchev–Trinajstić information content (AvgIpc) is 2.20. The van der Waals surface area contributed by atoms with Crippen molar-refractivity contribution in [3.05, 3.63) is 12.2 Å². The smallest absolute Gasteiger partial charge is 0.264 e. The van der Waals surface area contributed by atoms with Crippen molar-refractivity contribution in [2.75, 3.05) is 18.8 Å². The van der Waals surface area contributed by atoms with E-state index in [1.165, 1.54) is 0 Å². The van der Waals surface area contributed by atoms with Crippen LogP contribution >= 0.6 is 0 Å². The van der Waals surface area contributed by atoms with Crippen molar-refractivity contribution in [3.8, 4) is 0 Å². The predicted octanol–water partition coefficient (Wildman–Crippen LogP) is 0.715. The first-order chi connectivity index (χ1) is 8.53. The largest absolute Gasteiger partial charge is 0.347 e. The van der Waals surface area contributed by atoms with Gasteiger partial charge in [0, 0.05) is 11.1 Å². The monoisotopic (exact) mass is 292 g/mol. The van der Waals surface area contributed by atoms with E-state index in [9.17, 15) is 13.2 Å². The Morgan fingerprint density at radius 3 is 2.37 bits per heavy atom. The van der Waals surface area contributed by atoms with E-state index in [0.717, 1.165) is 0 Å². The molecule has 3 N–H and O–H groups in total. The molecule has 0 aliphatic carbocycles. The van der Waals surface area contributed by atoms with Gasteiger partial charge in [-0.15, -0.1) is 0 Å². The normalized spacial score (nSPS) is 12.2. The third-order valence-corrected chi connectivity index (χ3v) is 3.33. The van der Waals surface area contributed by atoms with Crippen molar-refractivity contribution in [1.29, 1.82) is 0 Å². The fourth-order valence-corrected chi connectivity index (χ4v) is 1.89. The maximum atomic E-state index is 11.5. The summed E-state index contributed by atoms with van der Waals surface area (Å²) in [6, 6.07) is 0. The Labute approximate surface area is 115 Å². The van der Waals surface area contributed by atoms with Crippen molar-refractivity contribution in [2.45, 2.75) is 39.2 Å². The Kier molecular flexibility index (Phi) is 7.25. The highest BCUT2D eigenvalue weighted by atomic mass is 32.2. The SMILES string of the molecule is C=C(C)C(=O)NC(C)(C)CCNCCCS(=O)(=O)O. The fraction of sp³-hybridized carbons (Fsp3) is 0.750. The van der Waals surface area contributed by atoms with E-state index in [1.807, 2.05) is 13.8 Å². The molecule has 1 amide bonds. The van der Waals surface area contributed by atoms with E-state index in [-0.39, 0.29) is 17.2 Å². The number of amides is 1. The topological polar surface area (TPSA) is 95.5 Å². The average molecular weight is 292 g/mol. The molecule has 19 heavy (non-hydrogen) atoms. The lowest BCUT2D eigenvalue weighted by Crippen LogP contribution is -2.45. The fourth-order valence-electron chi connectivity index (χ4n) is 1.38. The van der Waals surface area contributed by atoms with Crippen LogP contribution in [0.4, 0.5) is 0 Å². The highest BCUT2D eigenvalue weighted by Gasteiger charge is 2.19. The first-order valence-corrected chi connectivity index (χ1v) is 7.78. The third kappa shape index (κ3) is 10.7. The molecule has 0 aliphatic heterocycles. The molecule has 0 aromatic carbocycles. The van der Waals surface area contributed by atoms with Gasteiger partial charge < -0.3 is 10.6 Å². The number of rotatable bonds is 9. The zero-order chi connectivity index (χ0) is 15.1. The van der Waals surface area contributed by atoms with Crippen LogP contribution in [0.15, 0.2) is 12.2 Å². The minimum absolute atomic E-state index is 0.170. The maximum Gasteiger partial charge on any atom is 0.264 e. The number of hydrogen-bond acceptors (Lipinski definition) is 4. The Bertz CT molecular complexity index is 415. The molecule has 0 spiro atoms. The zero-order valence-corrected chi connectivity index (χ0v) is 12.6. The molecule has 0 bridgehead atoms. The third-order valence-electron chi connectivity index (χ3n) is 2.52. The molecular formula is C12H24N2O4S. The van der Waals surface area contributed by atoms with Gasteiger partial charge in [-0.1, -0.05) is 6.58 Å². The summed E-state index contributed by atoms with van der Waals surface area (Å²) in [6.45, 7) is 10.2. The Hall–Kier alpha value is -0.920. The summed E-state index contributed by atoms with van der Waals surface area (Å²) in [5.41, 5.74) is 0.112. The Morgan fingerprint density at radius 2 is 1.89 bits per heavy atom. The summed E-state index contributed by atoms with van der Waals surface area (Å²) in [4.78, 5) is 11.5. The van der Waals surface area contributed by atoms with Crippen LogP contribution in [0.5, 0.6) is 0 Å². The van der Waals surface area contributed by atoms with Gasteiger partial charge in [0.15, 0.2) is 0 Å². The van der Waals surface area contributed by atoms with E-state index < -0.39 is 10.1 Å². The van der Waals surface area contributed by atoms with Crippen LogP contribution in [0, 0.1) is 0 Å². The van der Waals surface area contributed by atoms with Crippen molar-refractivity contribution >= 4 is 16.0 Å². The first kappa shape index (κ1) is 18.1. The molecule has 6 nitrogen and oxygen atoms in total. The minimum Gasteiger partial charge on any atom is -0.347 e. The van der Waals surface area contributed by atoms with Gasteiger partial charge in [0.25, 0.3) is 10.1 Å². The lowest BCUT2D eigenvalue weighted by Gasteiger charge is -2.26. The highest BCUT2D eigenvalue weighted by Crippen LogP contribution is 2.08. The molecule has 0 radical (unpaired) electrons. The molecule has 0 unspecified atom stereocenters. The lowest BCUT2D eigenvalue weighted by atomic mass is 10.00. The van der Waals surface area contributed by atoms with Crippen molar-refractivity contribution in [2.24, 2.45) is 0 Å². The van der Waals surface area contributed by atoms with Crippen LogP contribution in [0.2, 0.25) is 0 Å². The molecule has 0 rings (SSSR count). The van der Waals surface area contributed by atoms with E-state index in [1.54, 1.807) is 6.92 Å². The Balaban J connectivity index is 3.81. The lowest BCUT2D eigenvalue weighted by molar-refractivity contribution is -0.119.